The molecule has 0 unspecified atom stereocenters. The second kappa shape index (κ2) is 5.55. The summed E-state index contributed by atoms with van der Waals surface area (Å²) in [7, 11) is 0. The minimum Gasteiger partial charge on any atom is -0.379 e. The first kappa shape index (κ1) is 13.1. The zero-order valence-corrected chi connectivity index (χ0v) is 10.7. The Bertz CT molecular complexity index is 573. The lowest BCUT2D eigenvalue weighted by atomic mass is 10.2. The minimum atomic E-state index is -0.477. The van der Waals surface area contributed by atoms with Crippen LogP contribution in [0.1, 0.15) is 5.56 Å². The van der Waals surface area contributed by atoms with Crippen LogP contribution in [0, 0.1) is 11.6 Å². The number of hydrogen-bond donors (Lipinski definition) is 1. The van der Waals surface area contributed by atoms with Crippen LogP contribution >= 0.6 is 23.2 Å². The highest BCUT2D eigenvalue weighted by atomic mass is 35.5. The molecule has 0 aliphatic rings. The molecule has 0 aliphatic heterocycles. The molecule has 0 fully saturated rings. The summed E-state index contributed by atoms with van der Waals surface area (Å²) in [6.07, 6.45) is 0. The predicted molar refractivity (Wildman–Crippen MR) is 70.1 cm³/mol. The average molecular weight is 288 g/mol. The van der Waals surface area contributed by atoms with Crippen molar-refractivity contribution in [3.63, 3.8) is 0 Å². The summed E-state index contributed by atoms with van der Waals surface area (Å²) in [5.41, 5.74) is 1.05. The van der Waals surface area contributed by atoms with Crippen molar-refractivity contribution in [3.8, 4) is 0 Å². The molecule has 2 rings (SSSR count). The number of nitrogens with one attached hydrogen (secondary N) is 1. The van der Waals surface area contributed by atoms with Crippen LogP contribution < -0.4 is 5.32 Å². The van der Waals surface area contributed by atoms with Crippen LogP contribution in [0.3, 0.4) is 0 Å². The average Bonchev–Trinajstić information content (AvgIpc) is 2.34. The summed E-state index contributed by atoms with van der Waals surface area (Å²) in [5.74, 6) is -0.873. The topological polar surface area (TPSA) is 12.0 Å². The fourth-order valence-electron chi connectivity index (χ4n) is 1.48. The Morgan fingerprint density at radius 3 is 2.39 bits per heavy atom. The Hall–Kier alpha value is -1.32. The number of hydrogen-bond acceptors (Lipinski definition) is 1. The van der Waals surface area contributed by atoms with E-state index < -0.39 is 11.6 Å². The molecule has 0 aliphatic carbocycles. The molecule has 1 nitrogen and oxygen atoms in total. The first-order chi connectivity index (χ1) is 8.56. The van der Waals surface area contributed by atoms with Gasteiger partial charge in [0.05, 0.1) is 10.7 Å². The maximum absolute atomic E-state index is 13.4. The van der Waals surface area contributed by atoms with Gasteiger partial charge in [0, 0.05) is 11.6 Å². The van der Waals surface area contributed by atoms with Crippen LogP contribution in [0.15, 0.2) is 36.4 Å². The molecule has 0 amide bonds. The van der Waals surface area contributed by atoms with Crippen LogP contribution in [0.25, 0.3) is 0 Å². The zero-order chi connectivity index (χ0) is 13.1. The van der Waals surface area contributed by atoms with E-state index in [1.165, 1.54) is 30.3 Å². The fraction of sp³-hybridized carbons (Fsp3) is 0.0769. The van der Waals surface area contributed by atoms with Crippen LogP contribution in [0.4, 0.5) is 14.5 Å². The highest BCUT2D eigenvalue weighted by Gasteiger charge is 2.04. The molecular weight excluding hydrogens is 279 g/mol. The third-order valence-corrected chi connectivity index (χ3v) is 2.92. The molecule has 5 heteroatoms. The SMILES string of the molecule is Fc1ccc(CNc2cc(Cl)ccc2F)cc1Cl. The van der Waals surface area contributed by atoms with Crippen LogP contribution in [0.5, 0.6) is 0 Å². The van der Waals surface area contributed by atoms with E-state index in [4.69, 9.17) is 23.2 Å². The minimum absolute atomic E-state index is 0.0425. The molecule has 0 saturated carbocycles. The number of anilines is 1. The summed E-state index contributed by atoms with van der Waals surface area (Å²) in [4.78, 5) is 0. The van der Waals surface area contributed by atoms with Crippen molar-refractivity contribution in [2.45, 2.75) is 6.54 Å². The fourth-order valence-corrected chi connectivity index (χ4v) is 1.86. The largest absolute Gasteiger partial charge is 0.379 e. The van der Waals surface area contributed by atoms with E-state index >= 15 is 0 Å². The summed E-state index contributed by atoms with van der Waals surface area (Å²) in [5, 5.41) is 3.36. The maximum atomic E-state index is 13.4. The second-order valence-electron chi connectivity index (χ2n) is 3.73. The van der Waals surface area contributed by atoms with Crippen molar-refractivity contribution in [2.75, 3.05) is 5.32 Å². The van der Waals surface area contributed by atoms with E-state index in [2.05, 4.69) is 5.32 Å². The van der Waals surface area contributed by atoms with Gasteiger partial charge in [-0.1, -0.05) is 29.3 Å². The van der Waals surface area contributed by atoms with Crippen molar-refractivity contribution < 1.29 is 8.78 Å². The van der Waals surface area contributed by atoms with Crippen molar-refractivity contribution in [3.05, 3.63) is 63.6 Å². The highest BCUT2D eigenvalue weighted by Crippen LogP contribution is 2.21. The molecule has 2 aromatic carbocycles. The molecule has 0 saturated heterocycles. The number of benzene rings is 2. The van der Waals surface area contributed by atoms with Gasteiger partial charge in [0.2, 0.25) is 0 Å². The molecule has 0 heterocycles. The van der Waals surface area contributed by atoms with Crippen molar-refractivity contribution in [1.82, 2.24) is 0 Å². The molecule has 0 aromatic heterocycles. The van der Waals surface area contributed by atoms with Gasteiger partial charge in [0.15, 0.2) is 0 Å². The summed E-state index contributed by atoms with van der Waals surface area (Å²) in [6.45, 7) is 0.331. The molecule has 0 spiro atoms. The Balaban J connectivity index is 2.11. The summed E-state index contributed by atoms with van der Waals surface area (Å²) < 4.78 is 26.4. The normalized spacial score (nSPS) is 10.4. The maximum Gasteiger partial charge on any atom is 0.146 e. The van der Waals surface area contributed by atoms with Crippen LogP contribution in [0.2, 0.25) is 10.0 Å². The third kappa shape index (κ3) is 3.12. The molecular formula is C13H9Cl2F2N. The molecule has 0 atom stereocenters. The first-order valence-electron chi connectivity index (χ1n) is 5.19. The van der Waals surface area contributed by atoms with Crippen LogP contribution in [-0.4, -0.2) is 0 Å². The van der Waals surface area contributed by atoms with Gasteiger partial charge in [0.25, 0.3) is 0 Å². The lowest BCUT2D eigenvalue weighted by Gasteiger charge is -2.08. The Labute approximate surface area is 113 Å². The Morgan fingerprint density at radius 2 is 1.67 bits per heavy atom. The van der Waals surface area contributed by atoms with Crippen molar-refractivity contribution >= 4 is 28.9 Å². The monoisotopic (exact) mass is 287 g/mol. The van der Waals surface area contributed by atoms with E-state index in [0.29, 0.717) is 17.3 Å². The van der Waals surface area contributed by atoms with Gasteiger partial charge in [-0.15, -0.1) is 0 Å². The quantitative estimate of drug-likeness (QED) is 0.848. The van der Waals surface area contributed by atoms with Gasteiger partial charge in [-0.25, -0.2) is 8.78 Å². The Kier molecular flexibility index (Phi) is 4.04. The first-order valence-corrected chi connectivity index (χ1v) is 5.95. The predicted octanol–water partition coefficient (Wildman–Crippen LogP) is 4.88. The lowest BCUT2D eigenvalue weighted by molar-refractivity contribution is 0.626. The third-order valence-electron chi connectivity index (χ3n) is 2.40. The molecule has 2 aromatic rings. The smallest absolute Gasteiger partial charge is 0.146 e. The van der Waals surface area contributed by atoms with Gasteiger partial charge >= 0.3 is 0 Å². The number of halogens is 4. The van der Waals surface area contributed by atoms with Crippen molar-refractivity contribution in [1.29, 1.82) is 0 Å². The zero-order valence-electron chi connectivity index (χ0n) is 9.18. The summed E-state index contributed by atoms with van der Waals surface area (Å²) >= 11 is 11.4. The second-order valence-corrected chi connectivity index (χ2v) is 4.57. The highest BCUT2D eigenvalue weighted by molar-refractivity contribution is 6.31. The summed E-state index contributed by atoms with van der Waals surface area (Å²) in [6, 6.07) is 8.58. The van der Waals surface area contributed by atoms with Crippen molar-refractivity contribution in [2.24, 2.45) is 0 Å². The van der Waals surface area contributed by atoms with E-state index in [9.17, 15) is 8.78 Å². The molecule has 0 bridgehead atoms. The van der Waals surface area contributed by atoms with E-state index in [-0.39, 0.29) is 5.02 Å². The molecule has 1 N–H and O–H groups in total. The Morgan fingerprint density at radius 1 is 0.944 bits per heavy atom. The van der Waals surface area contributed by atoms with Crippen LogP contribution in [-0.2, 0) is 6.54 Å². The van der Waals surface area contributed by atoms with E-state index in [1.54, 1.807) is 6.07 Å². The van der Waals surface area contributed by atoms with Gasteiger partial charge in [-0.3, -0.25) is 0 Å². The van der Waals surface area contributed by atoms with Gasteiger partial charge < -0.3 is 5.32 Å². The van der Waals surface area contributed by atoms with Gasteiger partial charge in [0.1, 0.15) is 11.6 Å². The molecule has 18 heavy (non-hydrogen) atoms. The molecule has 0 radical (unpaired) electrons. The number of rotatable bonds is 3. The lowest BCUT2D eigenvalue weighted by Crippen LogP contribution is -2.01. The van der Waals surface area contributed by atoms with Gasteiger partial charge in [-0.2, -0.15) is 0 Å². The standard InChI is InChI=1S/C13H9Cl2F2N/c14-9-2-4-12(17)13(6-9)18-7-8-1-3-11(16)10(15)5-8/h1-6,18H,7H2. The van der Waals surface area contributed by atoms with E-state index in [0.717, 1.165) is 5.56 Å². The van der Waals surface area contributed by atoms with Gasteiger partial charge in [-0.05, 0) is 35.9 Å². The van der Waals surface area contributed by atoms with E-state index in [1.807, 2.05) is 0 Å². The molecule has 94 valence electrons.